The Labute approximate surface area is 149 Å². The van der Waals surface area contributed by atoms with Gasteiger partial charge in [0.1, 0.15) is 17.2 Å². The molecule has 6 nitrogen and oxygen atoms in total. The molecule has 1 saturated heterocycles. The van der Waals surface area contributed by atoms with E-state index in [0.717, 1.165) is 31.3 Å². The van der Waals surface area contributed by atoms with Crippen molar-refractivity contribution < 1.29 is 15.3 Å². The van der Waals surface area contributed by atoms with Gasteiger partial charge in [-0.15, -0.1) is 0 Å². The van der Waals surface area contributed by atoms with E-state index in [4.69, 9.17) is 9.98 Å². The molecule has 26 heavy (non-hydrogen) atoms. The maximum Gasteiger partial charge on any atom is 0.154 e. The van der Waals surface area contributed by atoms with Crippen LogP contribution in [0.4, 0.5) is 0 Å². The van der Waals surface area contributed by atoms with Crippen molar-refractivity contribution >= 4 is 21.5 Å². The molecule has 6 heteroatoms. The third kappa shape index (κ3) is 1.96. The zero-order valence-electron chi connectivity index (χ0n) is 14.4. The minimum absolute atomic E-state index is 0.0334. The molecule has 132 valence electrons. The van der Waals surface area contributed by atoms with Gasteiger partial charge in [-0.05, 0) is 25.2 Å². The van der Waals surface area contributed by atoms with Crippen LogP contribution in [0, 0.1) is 0 Å². The van der Waals surface area contributed by atoms with E-state index in [1.807, 2.05) is 6.07 Å². The molecule has 0 unspecified atom stereocenters. The molecule has 0 aromatic heterocycles. The largest absolute Gasteiger partial charge is 0.507 e. The Morgan fingerprint density at radius 2 is 1.62 bits per heavy atom. The summed E-state index contributed by atoms with van der Waals surface area (Å²) in [5.74, 6) is -0.101. The highest BCUT2D eigenvalue weighted by atomic mass is 16.3. The lowest BCUT2D eigenvalue weighted by Gasteiger charge is -2.33. The van der Waals surface area contributed by atoms with Crippen molar-refractivity contribution in [2.75, 3.05) is 20.1 Å². The number of hydrogen-bond acceptors (Lipinski definition) is 6. The molecule has 1 spiro atoms. The van der Waals surface area contributed by atoms with Gasteiger partial charge in [0.2, 0.25) is 0 Å². The number of phenols is 3. The molecule has 2 heterocycles. The molecule has 0 bridgehead atoms. The van der Waals surface area contributed by atoms with Gasteiger partial charge in [0.15, 0.2) is 5.66 Å². The molecule has 2 aliphatic rings. The fourth-order valence-electron chi connectivity index (χ4n) is 4.13. The number of hydrogen-bond donors (Lipinski definition) is 3. The highest BCUT2D eigenvalue weighted by Crippen LogP contribution is 2.43. The van der Waals surface area contributed by atoms with Crippen molar-refractivity contribution in [3.63, 3.8) is 0 Å². The van der Waals surface area contributed by atoms with E-state index in [1.54, 1.807) is 18.2 Å². The SMILES string of the molecule is CN1CCC2(CC1)N=c1ccc3c(O)c4cccc(O)c4c(O)c3c1=N2. The Kier molecular flexibility index (Phi) is 3.01. The molecular weight excluding hydrogens is 330 g/mol. The molecule has 3 aromatic carbocycles. The Balaban J connectivity index is 1.89. The highest BCUT2D eigenvalue weighted by Gasteiger charge is 2.35. The fraction of sp³-hybridized carbons (Fsp3) is 0.300. The van der Waals surface area contributed by atoms with Crippen LogP contribution in [0.1, 0.15) is 12.8 Å². The average Bonchev–Trinajstić information content (AvgIpc) is 3.00. The van der Waals surface area contributed by atoms with Gasteiger partial charge in [0, 0.05) is 36.7 Å². The Hall–Kier alpha value is -2.86. The minimum atomic E-state index is -0.487. The number of piperidine rings is 1. The number of likely N-dealkylation sites (tertiary alicyclic amines) is 1. The average molecular weight is 349 g/mol. The fourth-order valence-corrected chi connectivity index (χ4v) is 4.13. The van der Waals surface area contributed by atoms with Crippen LogP contribution in [0.25, 0.3) is 21.5 Å². The summed E-state index contributed by atoms with van der Waals surface area (Å²) in [5.41, 5.74) is -0.487. The summed E-state index contributed by atoms with van der Waals surface area (Å²) in [6, 6.07) is 8.43. The van der Waals surface area contributed by atoms with Crippen LogP contribution < -0.4 is 10.7 Å². The molecule has 3 aromatic rings. The van der Waals surface area contributed by atoms with E-state index in [-0.39, 0.29) is 22.6 Å². The van der Waals surface area contributed by atoms with Crippen molar-refractivity contribution in [3.8, 4) is 17.2 Å². The Morgan fingerprint density at radius 3 is 2.38 bits per heavy atom. The van der Waals surface area contributed by atoms with Crippen LogP contribution in [-0.4, -0.2) is 46.0 Å². The monoisotopic (exact) mass is 349 g/mol. The molecule has 0 radical (unpaired) electrons. The summed E-state index contributed by atoms with van der Waals surface area (Å²) in [5, 5.41) is 34.8. The van der Waals surface area contributed by atoms with Crippen molar-refractivity contribution in [3.05, 3.63) is 41.0 Å². The van der Waals surface area contributed by atoms with Gasteiger partial charge in [-0.1, -0.05) is 12.1 Å². The summed E-state index contributed by atoms with van der Waals surface area (Å²) in [6.45, 7) is 1.83. The maximum absolute atomic E-state index is 10.9. The minimum Gasteiger partial charge on any atom is -0.507 e. The summed E-state index contributed by atoms with van der Waals surface area (Å²) in [7, 11) is 2.09. The van der Waals surface area contributed by atoms with Gasteiger partial charge in [-0.3, -0.25) is 9.98 Å². The van der Waals surface area contributed by atoms with Crippen molar-refractivity contribution in [2.24, 2.45) is 9.98 Å². The van der Waals surface area contributed by atoms with Crippen LogP contribution in [0.2, 0.25) is 0 Å². The summed E-state index contributed by atoms with van der Waals surface area (Å²) < 4.78 is 0. The molecular formula is C20H19N3O3. The van der Waals surface area contributed by atoms with Gasteiger partial charge in [-0.2, -0.15) is 0 Å². The second kappa shape index (κ2) is 5.08. The number of phenolic OH excluding ortho intramolecular Hbond substituents is 3. The predicted molar refractivity (Wildman–Crippen MR) is 98.2 cm³/mol. The van der Waals surface area contributed by atoms with Gasteiger partial charge in [0.25, 0.3) is 0 Å². The second-order valence-electron chi connectivity index (χ2n) is 7.26. The first-order valence-corrected chi connectivity index (χ1v) is 8.76. The standard InChI is InChI=1S/C20H19N3O3/c1-23-9-7-20(8-10-23)21-13-6-5-12-16(17(13)22-20)19(26)15-11(18(12)25)3-2-4-14(15)24/h2-6,24-26H,7-10H2,1H3. The van der Waals surface area contributed by atoms with Crippen LogP contribution in [0.5, 0.6) is 17.2 Å². The molecule has 0 saturated carbocycles. The van der Waals surface area contributed by atoms with E-state index < -0.39 is 5.66 Å². The maximum atomic E-state index is 10.9. The van der Waals surface area contributed by atoms with Crippen LogP contribution in [0.3, 0.4) is 0 Å². The number of nitrogens with zero attached hydrogens (tertiary/aromatic N) is 3. The quantitative estimate of drug-likeness (QED) is 0.426. The third-order valence-electron chi connectivity index (χ3n) is 5.62. The summed E-state index contributed by atoms with van der Waals surface area (Å²) in [4.78, 5) is 12.0. The molecule has 0 aliphatic carbocycles. The van der Waals surface area contributed by atoms with E-state index >= 15 is 0 Å². The smallest absolute Gasteiger partial charge is 0.154 e. The van der Waals surface area contributed by atoms with Crippen molar-refractivity contribution in [2.45, 2.75) is 18.5 Å². The van der Waals surface area contributed by atoms with Crippen molar-refractivity contribution in [1.29, 1.82) is 0 Å². The Morgan fingerprint density at radius 1 is 0.885 bits per heavy atom. The first-order chi connectivity index (χ1) is 12.5. The van der Waals surface area contributed by atoms with Crippen molar-refractivity contribution in [1.82, 2.24) is 4.90 Å². The molecule has 5 rings (SSSR count). The Bertz CT molecular complexity index is 1190. The molecule has 2 aliphatic heterocycles. The zero-order chi connectivity index (χ0) is 18.1. The lowest BCUT2D eigenvalue weighted by atomic mass is 9.98. The lowest BCUT2D eigenvalue weighted by Crippen LogP contribution is -2.39. The van der Waals surface area contributed by atoms with E-state index in [1.165, 1.54) is 6.07 Å². The van der Waals surface area contributed by atoms with Gasteiger partial charge in [0.05, 0.1) is 21.5 Å². The summed E-state index contributed by atoms with van der Waals surface area (Å²) >= 11 is 0. The first kappa shape index (κ1) is 15.4. The third-order valence-corrected chi connectivity index (χ3v) is 5.62. The highest BCUT2D eigenvalue weighted by molar-refractivity contribution is 6.12. The number of rotatable bonds is 0. The molecule has 0 atom stereocenters. The van der Waals surface area contributed by atoms with Crippen LogP contribution >= 0.6 is 0 Å². The second-order valence-corrected chi connectivity index (χ2v) is 7.26. The molecule has 0 amide bonds. The van der Waals surface area contributed by atoms with Crippen LogP contribution in [0.15, 0.2) is 40.3 Å². The van der Waals surface area contributed by atoms with E-state index in [0.29, 0.717) is 21.5 Å². The number of fused-ring (bicyclic) bond motifs is 4. The van der Waals surface area contributed by atoms with Crippen LogP contribution in [-0.2, 0) is 0 Å². The lowest BCUT2D eigenvalue weighted by molar-refractivity contribution is 0.197. The summed E-state index contributed by atoms with van der Waals surface area (Å²) in [6.07, 6.45) is 1.65. The number of aromatic hydroxyl groups is 3. The molecule has 3 N–H and O–H groups in total. The topological polar surface area (TPSA) is 88.7 Å². The first-order valence-electron chi connectivity index (χ1n) is 8.76. The normalized spacial score (nSPS) is 18.8. The van der Waals surface area contributed by atoms with Gasteiger partial charge >= 0.3 is 0 Å². The predicted octanol–water partition coefficient (Wildman–Crippen LogP) is 1.78. The van der Waals surface area contributed by atoms with E-state index in [2.05, 4.69) is 11.9 Å². The number of benzene rings is 3. The zero-order valence-corrected chi connectivity index (χ0v) is 14.4. The molecule has 1 fully saturated rings. The van der Waals surface area contributed by atoms with Gasteiger partial charge in [-0.25, -0.2) is 0 Å². The van der Waals surface area contributed by atoms with Gasteiger partial charge < -0.3 is 20.2 Å². The van der Waals surface area contributed by atoms with E-state index in [9.17, 15) is 15.3 Å².